The monoisotopic (exact) mass is 543 g/mol. The highest BCUT2D eigenvalue weighted by Crippen LogP contribution is 2.46. The Bertz CT molecular complexity index is 1530. The lowest BCUT2D eigenvalue weighted by Gasteiger charge is -2.41. The second-order valence-corrected chi connectivity index (χ2v) is 9.84. The van der Waals surface area contributed by atoms with Crippen LogP contribution < -0.4 is 28.4 Å². The molecule has 3 aromatic carbocycles. The largest absolute Gasteiger partial charge is 0.493 e. The maximum atomic E-state index is 13.0. The van der Waals surface area contributed by atoms with Gasteiger partial charge in [0.15, 0.2) is 34.5 Å². The molecule has 1 unspecified atom stereocenters. The van der Waals surface area contributed by atoms with Crippen LogP contribution in [0.1, 0.15) is 40.8 Å². The molecule has 6 rings (SSSR count). The fraction of sp³-hybridized carbons (Fsp3) is 0.290. The van der Waals surface area contributed by atoms with Crippen molar-refractivity contribution >= 4 is 18.0 Å². The van der Waals surface area contributed by atoms with E-state index in [9.17, 15) is 9.59 Å². The van der Waals surface area contributed by atoms with Crippen molar-refractivity contribution in [1.29, 1.82) is 0 Å². The van der Waals surface area contributed by atoms with Gasteiger partial charge in [0.05, 0.1) is 14.2 Å². The van der Waals surface area contributed by atoms with E-state index >= 15 is 0 Å². The molecule has 0 aliphatic carbocycles. The van der Waals surface area contributed by atoms with Gasteiger partial charge in [-0.05, 0) is 71.5 Å². The summed E-state index contributed by atoms with van der Waals surface area (Å²) in [6, 6.07) is 13.3. The zero-order valence-corrected chi connectivity index (χ0v) is 22.5. The zero-order chi connectivity index (χ0) is 27.8. The summed E-state index contributed by atoms with van der Waals surface area (Å²) in [5.74, 6) is 2.26. The lowest BCUT2D eigenvalue weighted by molar-refractivity contribution is -0.132. The predicted octanol–water partition coefficient (Wildman–Crippen LogP) is 4.63. The highest BCUT2D eigenvalue weighted by Gasteiger charge is 2.36. The number of rotatable bonds is 6. The van der Waals surface area contributed by atoms with E-state index < -0.39 is 11.9 Å². The Labute approximate surface area is 231 Å². The minimum atomic E-state index is -0.534. The summed E-state index contributed by atoms with van der Waals surface area (Å²) in [5, 5.41) is 0. The topological polar surface area (TPSA) is 92.8 Å². The average Bonchev–Trinajstić information content (AvgIpc) is 3.42. The van der Waals surface area contributed by atoms with Crippen molar-refractivity contribution in [3.05, 3.63) is 76.4 Å². The molecule has 0 bridgehead atoms. The first-order valence-corrected chi connectivity index (χ1v) is 13.0. The molecule has 1 atom stereocenters. The van der Waals surface area contributed by atoms with Gasteiger partial charge in [-0.1, -0.05) is 12.1 Å². The third-order valence-corrected chi connectivity index (χ3v) is 7.47. The molecule has 0 N–H and O–H groups in total. The molecule has 3 aliphatic rings. The number of esters is 2. The Morgan fingerprint density at radius 1 is 0.925 bits per heavy atom. The van der Waals surface area contributed by atoms with E-state index in [4.69, 9.17) is 28.4 Å². The lowest BCUT2D eigenvalue weighted by Crippen LogP contribution is -2.39. The molecule has 40 heavy (non-hydrogen) atoms. The van der Waals surface area contributed by atoms with E-state index in [2.05, 4.69) is 23.1 Å². The number of methoxy groups -OCH3 is 2. The average molecular weight is 544 g/mol. The maximum absolute atomic E-state index is 13.0. The first-order valence-electron chi connectivity index (χ1n) is 13.0. The van der Waals surface area contributed by atoms with Crippen LogP contribution in [0, 0.1) is 0 Å². The molecule has 3 heterocycles. The number of fused-ring (bicyclic) bond motifs is 5. The van der Waals surface area contributed by atoms with Crippen LogP contribution in [0.2, 0.25) is 0 Å². The van der Waals surface area contributed by atoms with Crippen molar-refractivity contribution in [2.24, 2.45) is 0 Å². The van der Waals surface area contributed by atoms with Crippen LogP contribution in [-0.4, -0.2) is 44.4 Å². The molecule has 0 fully saturated rings. The molecule has 0 aromatic heterocycles. The van der Waals surface area contributed by atoms with Gasteiger partial charge in [0.1, 0.15) is 0 Å². The van der Waals surface area contributed by atoms with Gasteiger partial charge in [-0.3, -0.25) is 9.69 Å². The fourth-order valence-corrected chi connectivity index (χ4v) is 5.59. The maximum Gasteiger partial charge on any atom is 0.336 e. The molecule has 0 saturated carbocycles. The van der Waals surface area contributed by atoms with Gasteiger partial charge in [-0.15, -0.1) is 0 Å². The molecule has 206 valence electrons. The fourth-order valence-electron chi connectivity index (χ4n) is 5.59. The van der Waals surface area contributed by atoms with Crippen LogP contribution in [0.15, 0.2) is 48.5 Å². The number of carbonyl (C=O) groups excluding carboxylic acids is 2. The standard InChI is InChI=1S/C31H29NO8/c1-18(33)39-25-7-4-19(12-27(25)36-3)5-9-30(34)40-31-23-16-32-11-10-21-14-28-29(38-17-37-28)15-22(21)24(32)13-20(23)6-8-26(31)35-2/h4-9,12,14-15,24H,10-11,13,16-17H2,1-3H3/b9-5+. The molecular formula is C31H29NO8. The van der Waals surface area contributed by atoms with E-state index in [0.717, 1.165) is 42.0 Å². The van der Waals surface area contributed by atoms with Crippen LogP contribution in [0.5, 0.6) is 34.5 Å². The second-order valence-electron chi connectivity index (χ2n) is 9.84. The second kappa shape index (κ2) is 10.6. The summed E-state index contributed by atoms with van der Waals surface area (Å²) in [5.41, 5.74) is 5.30. The number of nitrogens with zero attached hydrogens (tertiary/aromatic N) is 1. The van der Waals surface area contributed by atoms with Crippen molar-refractivity contribution in [3.8, 4) is 34.5 Å². The minimum Gasteiger partial charge on any atom is -0.493 e. The van der Waals surface area contributed by atoms with Gasteiger partial charge in [0.25, 0.3) is 0 Å². The van der Waals surface area contributed by atoms with Crippen molar-refractivity contribution in [2.75, 3.05) is 27.6 Å². The molecule has 0 saturated heterocycles. The van der Waals surface area contributed by atoms with Gasteiger partial charge in [0.2, 0.25) is 6.79 Å². The van der Waals surface area contributed by atoms with Gasteiger partial charge in [-0.25, -0.2) is 4.79 Å². The Hall–Kier alpha value is -4.50. The van der Waals surface area contributed by atoms with Crippen LogP contribution in [0.25, 0.3) is 6.08 Å². The van der Waals surface area contributed by atoms with Gasteiger partial charge < -0.3 is 28.4 Å². The quantitative estimate of drug-likeness (QED) is 0.251. The normalized spacial score (nSPS) is 17.0. The summed E-state index contributed by atoms with van der Waals surface area (Å²) in [4.78, 5) is 26.7. The van der Waals surface area contributed by atoms with Crippen LogP contribution in [0.3, 0.4) is 0 Å². The van der Waals surface area contributed by atoms with Crippen LogP contribution in [-0.2, 0) is 29.0 Å². The van der Waals surface area contributed by atoms with E-state index in [1.807, 2.05) is 6.07 Å². The third-order valence-electron chi connectivity index (χ3n) is 7.47. The number of carbonyl (C=O) groups is 2. The van der Waals surface area contributed by atoms with Crippen molar-refractivity contribution in [3.63, 3.8) is 0 Å². The number of benzene rings is 3. The molecule has 0 spiro atoms. The summed E-state index contributed by atoms with van der Waals surface area (Å²) in [7, 11) is 3.05. The molecule has 3 aliphatic heterocycles. The van der Waals surface area contributed by atoms with E-state index in [1.165, 1.54) is 31.2 Å². The van der Waals surface area contributed by atoms with Crippen LogP contribution >= 0.6 is 0 Å². The Kier molecular flexibility index (Phi) is 6.81. The molecule has 9 heteroatoms. The minimum absolute atomic E-state index is 0.201. The Balaban J connectivity index is 1.24. The highest BCUT2D eigenvalue weighted by atomic mass is 16.7. The predicted molar refractivity (Wildman–Crippen MR) is 145 cm³/mol. The number of hydrogen-bond acceptors (Lipinski definition) is 9. The van der Waals surface area contributed by atoms with Gasteiger partial charge >= 0.3 is 11.9 Å². The molecule has 9 nitrogen and oxygen atoms in total. The van der Waals surface area contributed by atoms with Crippen molar-refractivity contribution in [2.45, 2.75) is 32.4 Å². The first kappa shape index (κ1) is 25.8. The van der Waals surface area contributed by atoms with Crippen LogP contribution in [0.4, 0.5) is 0 Å². The van der Waals surface area contributed by atoms with E-state index in [1.54, 1.807) is 31.4 Å². The summed E-state index contributed by atoms with van der Waals surface area (Å²) >= 11 is 0. The van der Waals surface area contributed by atoms with Crippen molar-refractivity contribution in [1.82, 2.24) is 4.90 Å². The number of hydrogen-bond donors (Lipinski definition) is 0. The molecule has 0 radical (unpaired) electrons. The molecule has 0 amide bonds. The highest BCUT2D eigenvalue weighted by molar-refractivity contribution is 5.89. The first-order chi connectivity index (χ1) is 19.4. The van der Waals surface area contributed by atoms with Gasteiger partial charge in [0, 0.05) is 37.7 Å². The van der Waals surface area contributed by atoms with Crippen molar-refractivity contribution < 1.29 is 38.0 Å². The van der Waals surface area contributed by atoms with E-state index in [-0.39, 0.29) is 12.8 Å². The molecular weight excluding hydrogens is 514 g/mol. The lowest BCUT2D eigenvalue weighted by atomic mass is 9.83. The Morgan fingerprint density at radius 2 is 1.70 bits per heavy atom. The van der Waals surface area contributed by atoms with Gasteiger partial charge in [-0.2, -0.15) is 0 Å². The SMILES string of the molecule is COc1cc(/C=C/C(=O)Oc2c(OC)ccc3c2CN2CCc4cc5c(cc4C2C3)OCO5)ccc1OC(C)=O. The summed E-state index contributed by atoms with van der Waals surface area (Å²) in [6.07, 6.45) is 4.65. The Morgan fingerprint density at radius 3 is 2.48 bits per heavy atom. The van der Waals surface area contributed by atoms with E-state index in [0.29, 0.717) is 35.1 Å². The smallest absolute Gasteiger partial charge is 0.336 e. The zero-order valence-electron chi connectivity index (χ0n) is 22.5. The summed E-state index contributed by atoms with van der Waals surface area (Å²) < 4.78 is 33.2. The third kappa shape index (κ3) is 4.84. The molecule has 3 aromatic rings. The number of ether oxygens (including phenoxy) is 6. The summed E-state index contributed by atoms with van der Waals surface area (Å²) in [6.45, 7) is 3.09.